The average Bonchev–Trinajstić information content (AvgIpc) is 2.13. The van der Waals surface area contributed by atoms with Gasteiger partial charge in [-0.25, -0.2) is 0 Å². The molecule has 0 radical (unpaired) electrons. The molecule has 0 aromatic carbocycles. The Kier molecular flexibility index (Phi) is 3.19. The van der Waals surface area contributed by atoms with Crippen molar-refractivity contribution in [1.82, 2.24) is 9.80 Å². The molecule has 1 aliphatic heterocycles. The van der Waals surface area contributed by atoms with Crippen LogP contribution in [0.1, 0.15) is 6.92 Å². The first-order valence-corrected chi connectivity index (χ1v) is 5.45. The minimum absolute atomic E-state index is 0.0881. The summed E-state index contributed by atoms with van der Waals surface area (Å²) in [6.07, 6.45) is 1.93. The van der Waals surface area contributed by atoms with Crippen LogP contribution in [0.15, 0.2) is 0 Å². The van der Waals surface area contributed by atoms with E-state index in [9.17, 15) is 9.59 Å². The van der Waals surface area contributed by atoms with Crippen molar-refractivity contribution in [2.75, 3.05) is 26.4 Å². The van der Waals surface area contributed by atoms with Crippen molar-refractivity contribution in [3.8, 4) is 0 Å². The number of hydrogen-bond acceptors (Lipinski definition) is 3. The van der Waals surface area contributed by atoms with Gasteiger partial charge in [-0.15, -0.1) is 11.8 Å². The molecule has 1 saturated heterocycles. The van der Waals surface area contributed by atoms with E-state index in [0.29, 0.717) is 13.1 Å². The van der Waals surface area contributed by atoms with E-state index in [1.807, 2.05) is 13.2 Å². The van der Waals surface area contributed by atoms with Gasteiger partial charge in [0.2, 0.25) is 0 Å². The Balaban J connectivity index is 2.70. The fourth-order valence-corrected chi connectivity index (χ4v) is 1.68. The van der Waals surface area contributed by atoms with Crippen LogP contribution in [-0.4, -0.2) is 53.4 Å². The number of hydrogen-bond donors (Lipinski definition) is 0. The van der Waals surface area contributed by atoms with E-state index < -0.39 is 5.91 Å². The molecule has 74 valence electrons. The summed E-state index contributed by atoms with van der Waals surface area (Å²) in [5.74, 6) is -0.775. The molecule has 0 N–H and O–H groups in total. The minimum Gasteiger partial charge on any atom is -0.336 e. The highest BCUT2D eigenvalue weighted by Crippen LogP contribution is 2.15. The molecule has 0 aliphatic carbocycles. The minimum atomic E-state index is -0.396. The zero-order chi connectivity index (χ0) is 10.0. The lowest BCUT2D eigenvalue weighted by Gasteiger charge is -2.34. The summed E-state index contributed by atoms with van der Waals surface area (Å²) in [5, 5.41) is 0.0881. The first kappa shape index (κ1) is 10.4. The number of likely N-dealkylation sites (N-methyl/N-ethyl adjacent to an activating group) is 1. The molecule has 1 rings (SSSR count). The third-order valence-corrected chi connectivity index (χ3v) is 3.18. The number of rotatable bonds is 2. The topological polar surface area (TPSA) is 40.6 Å². The van der Waals surface area contributed by atoms with Gasteiger partial charge in [0.1, 0.15) is 0 Å². The summed E-state index contributed by atoms with van der Waals surface area (Å²) in [7, 11) is 1.65. The van der Waals surface area contributed by atoms with Gasteiger partial charge in [-0.3, -0.25) is 9.59 Å². The molecular weight excluding hydrogens is 188 g/mol. The molecule has 0 aromatic heterocycles. The SMILES string of the molecule is CSC(C)N1CCN(C)C(=O)C1=O. The maximum atomic E-state index is 11.5. The van der Waals surface area contributed by atoms with E-state index in [4.69, 9.17) is 0 Å². The standard InChI is InChI=1S/C8H14N2O2S/c1-6(13-3)10-5-4-9(2)7(11)8(10)12/h6H,4-5H2,1-3H3. The van der Waals surface area contributed by atoms with E-state index in [2.05, 4.69) is 0 Å². The Morgan fingerprint density at radius 2 is 1.92 bits per heavy atom. The van der Waals surface area contributed by atoms with Gasteiger partial charge in [0, 0.05) is 20.1 Å². The van der Waals surface area contributed by atoms with E-state index >= 15 is 0 Å². The molecule has 0 bridgehead atoms. The molecule has 0 saturated carbocycles. The summed E-state index contributed by atoms with van der Waals surface area (Å²) in [6, 6.07) is 0. The van der Waals surface area contributed by atoms with Gasteiger partial charge in [0.05, 0.1) is 5.37 Å². The number of carbonyl (C=O) groups excluding carboxylic acids is 2. The predicted molar refractivity (Wildman–Crippen MR) is 52.3 cm³/mol. The van der Waals surface area contributed by atoms with Gasteiger partial charge in [-0.1, -0.05) is 0 Å². The zero-order valence-corrected chi connectivity index (χ0v) is 8.93. The van der Waals surface area contributed by atoms with Crippen molar-refractivity contribution in [3.63, 3.8) is 0 Å². The predicted octanol–water partition coefficient (Wildman–Crippen LogP) is -0.00400. The van der Waals surface area contributed by atoms with E-state index in [0.717, 1.165) is 0 Å². The number of nitrogens with zero attached hydrogens (tertiary/aromatic N) is 2. The van der Waals surface area contributed by atoms with Gasteiger partial charge < -0.3 is 9.80 Å². The van der Waals surface area contributed by atoms with Crippen LogP contribution >= 0.6 is 11.8 Å². The van der Waals surface area contributed by atoms with Crippen LogP contribution in [0, 0.1) is 0 Å². The van der Waals surface area contributed by atoms with Crippen LogP contribution in [0.2, 0.25) is 0 Å². The highest BCUT2D eigenvalue weighted by molar-refractivity contribution is 7.99. The lowest BCUT2D eigenvalue weighted by molar-refractivity contribution is -0.155. The second kappa shape index (κ2) is 4.00. The monoisotopic (exact) mass is 202 g/mol. The first-order valence-electron chi connectivity index (χ1n) is 4.16. The Morgan fingerprint density at radius 1 is 1.31 bits per heavy atom. The maximum absolute atomic E-state index is 11.5. The Labute approximate surface area is 82.3 Å². The average molecular weight is 202 g/mol. The van der Waals surface area contributed by atoms with Crippen molar-refractivity contribution >= 4 is 23.6 Å². The van der Waals surface area contributed by atoms with Crippen molar-refractivity contribution in [2.45, 2.75) is 12.3 Å². The van der Waals surface area contributed by atoms with Crippen LogP contribution in [0.25, 0.3) is 0 Å². The highest BCUT2D eigenvalue weighted by Gasteiger charge is 2.32. The molecule has 1 heterocycles. The molecule has 0 spiro atoms. The third-order valence-electron chi connectivity index (χ3n) is 2.25. The normalized spacial score (nSPS) is 20.8. The largest absolute Gasteiger partial charge is 0.336 e. The van der Waals surface area contributed by atoms with Crippen LogP contribution in [0.5, 0.6) is 0 Å². The molecule has 4 nitrogen and oxygen atoms in total. The molecular formula is C8H14N2O2S. The number of thioether (sulfide) groups is 1. The smallest absolute Gasteiger partial charge is 0.313 e. The van der Waals surface area contributed by atoms with Crippen molar-refractivity contribution in [2.24, 2.45) is 0 Å². The lowest BCUT2D eigenvalue weighted by Crippen LogP contribution is -2.54. The van der Waals surface area contributed by atoms with Gasteiger partial charge in [-0.05, 0) is 13.2 Å². The van der Waals surface area contributed by atoms with Crippen molar-refractivity contribution in [1.29, 1.82) is 0 Å². The van der Waals surface area contributed by atoms with Gasteiger partial charge >= 0.3 is 11.8 Å². The quantitative estimate of drug-likeness (QED) is 0.592. The van der Waals surface area contributed by atoms with Crippen molar-refractivity contribution in [3.05, 3.63) is 0 Å². The summed E-state index contributed by atoms with van der Waals surface area (Å²) in [4.78, 5) is 25.8. The zero-order valence-electron chi connectivity index (χ0n) is 8.11. The number of piperazine rings is 1. The van der Waals surface area contributed by atoms with E-state index in [-0.39, 0.29) is 11.3 Å². The summed E-state index contributed by atoms with van der Waals surface area (Å²) in [5.41, 5.74) is 0. The lowest BCUT2D eigenvalue weighted by atomic mass is 10.3. The highest BCUT2D eigenvalue weighted by atomic mass is 32.2. The first-order chi connectivity index (χ1) is 6.07. The molecule has 5 heteroatoms. The van der Waals surface area contributed by atoms with Gasteiger partial charge in [-0.2, -0.15) is 0 Å². The van der Waals surface area contributed by atoms with Crippen LogP contribution in [-0.2, 0) is 9.59 Å². The van der Waals surface area contributed by atoms with Crippen LogP contribution in [0.4, 0.5) is 0 Å². The molecule has 1 fully saturated rings. The molecule has 0 aromatic rings. The fraction of sp³-hybridized carbons (Fsp3) is 0.750. The van der Waals surface area contributed by atoms with Gasteiger partial charge in [0.15, 0.2) is 0 Å². The molecule has 2 amide bonds. The molecule has 1 unspecified atom stereocenters. The second-order valence-corrected chi connectivity index (χ2v) is 4.21. The third kappa shape index (κ3) is 1.96. The number of carbonyl (C=O) groups is 2. The summed E-state index contributed by atoms with van der Waals surface area (Å²) >= 11 is 1.57. The van der Waals surface area contributed by atoms with Crippen LogP contribution in [0.3, 0.4) is 0 Å². The summed E-state index contributed by atoms with van der Waals surface area (Å²) in [6.45, 7) is 3.21. The Bertz CT molecular complexity index is 232. The Hall–Kier alpha value is -0.710. The molecule has 13 heavy (non-hydrogen) atoms. The number of amides is 2. The maximum Gasteiger partial charge on any atom is 0.313 e. The summed E-state index contributed by atoms with van der Waals surface area (Å²) < 4.78 is 0. The molecule has 1 aliphatic rings. The second-order valence-electron chi connectivity index (χ2n) is 3.06. The van der Waals surface area contributed by atoms with E-state index in [1.54, 1.807) is 23.7 Å². The fourth-order valence-electron chi connectivity index (χ4n) is 1.22. The molecule has 1 atom stereocenters. The van der Waals surface area contributed by atoms with Gasteiger partial charge in [0.25, 0.3) is 0 Å². The van der Waals surface area contributed by atoms with E-state index in [1.165, 1.54) is 4.90 Å². The van der Waals surface area contributed by atoms with Crippen LogP contribution < -0.4 is 0 Å². The Morgan fingerprint density at radius 3 is 2.46 bits per heavy atom. The van der Waals surface area contributed by atoms with Crippen molar-refractivity contribution < 1.29 is 9.59 Å².